The van der Waals surface area contributed by atoms with Gasteiger partial charge in [-0.05, 0) is 36.5 Å². The number of hydrogen-bond acceptors (Lipinski definition) is 3. The van der Waals surface area contributed by atoms with Gasteiger partial charge in [-0.15, -0.1) is 0 Å². The zero-order chi connectivity index (χ0) is 18.0. The van der Waals surface area contributed by atoms with Crippen LogP contribution in [-0.4, -0.2) is 34.8 Å². The second-order valence-electron chi connectivity index (χ2n) is 7.29. The summed E-state index contributed by atoms with van der Waals surface area (Å²) in [6, 6.07) is 7.15. The van der Waals surface area contributed by atoms with E-state index in [1.54, 1.807) is 6.07 Å². The molecular weight excluding hydrogens is 318 g/mol. The molecule has 2 N–H and O–H groups in total. The van der Waals surface area contributed by atoms with Crippen molar-refractivity contribution in [2.75, 3.05) is 11.9 Å². The van der Waals surface area contributed by atoms with E-state index in [4.69, 9.17) is 0 Å². The molecule has 1 aliphatic heterocycles. The van der Waals surface area contributed by atoms with Crippen molar-refractivity contribution in [2.24, 2.45) is 0 Å². The van der Waals surface area contributed by atoms with Gasteiger partial charge in [0.05, 0.1) is 0 Å². The number of carbonyl (C=O) groups excluding carboxylic acids is 3. The maximum absolute atomic E-state index is 12.7. The minimum absolute atomic E-state index is 0.252. The van der Waals surface area contributed by atoms with Crippen molar-refractivity contribution in [2.45, 2.75) is 57.4 Å². The average molecular weight is 343 g/mol. The molecule has 1 aliphatic carbocycles. The van der Waals surface area contributed by atoms with Crippen molar-refractivity contribution in [3.05, 3.63) is 29.8 Å². The normalized spacial score (nSPS) is 19.4. The van der Waals surface area contributed by atoms with E-state index in [9.17, 15) is 14.4 Å². The van der Waals surface area contributed by atoms with Crippen LogP contribution < -0.4 is 10.6 Å². The third kappa shape index (κ3) is 3.52. The number of nitrogens with zero attached hydrogens (tertiary/aromatic N) is 1. The summed E-state index contributed by atoms with van der Waals surface area (Å²) in [6.07, 6.45) is 4.25. The minimum atomic E-state index is -0.785. The molecule has 0 aromatic heterocycles. The summed E-state index contributed by atoms with van der Waals surface area (Å²) in [5, 5.41) is 5.60. The number of anilines is 1. The van der Waals surface area contributed by atoms with E-state index in [-0.39, 0.29) is 18.4 Å². The Balaban J connectivity index is 1.66. The second-order valence-corrected chi connectivity index (χ2v) is 7.29. The standard InChI is InChI=1S/C19H25N3O3/c1-13(2)14-7-6-8-15(11-14)20-16(23)12-22-17(24)19(21-18(22)25)9-4-3-5-10-19/h6-8,11,13H,3-5,9-10,12H2,1-2H3,(H,20,23)(H,21,25). The second kappa shape index (κ2) is 6.86. The summed E-state index contributed by atoms with van der Waals surface area (Å²) in [6.45, 7) is 3.91. The third-order valence-electron chi connectivity index (χ3n) is 5.09. The molecule has 1 saturated carbocycles. The number of carbonyl (C=O) groups is 3. The fourth-order valence-electron chi connectivity index (χ4n) is 3.63. The Morgan fingerprint density at radius 3 is 2.64 bits per heavy atom. The van der Waals surface area contributed by atoms with E-state index in [2.05, 4.69) is 24.5 Å². The lowest BCUT2D eigenvalue weighted by Crippen LogP contribution is -2.48. The fraction of sp³-hybridized carbons (Fsp3) is 0.526. The van der Waals surface area contributed by atoms with Gasteiger partial charge in [-0.25, -0.2) is 4.79 Å². The molecule has 0 unspecified atom stereocenters. The lowest BCUT2D eigenvalue weighted by atomic mass is 9.82. The van der Waals surface area contributed by atoms with Crippen molar-refractivity contribution in [3.8, 4) is 0 Å². The number of amides is 4. The molecule has 1 aromatic rings. The quantitative estimate of drug-likeness (QED) is 0.825. The molecule has 6 heteroatoms. The van der Waals surface area contributed by atoms with Crippen LogP contribution in [0.3, 0.4) is 0 Å². The van der Waals surface area contributed by atoms with Crippen LogP contribution in [0.1, 0.15) is 57.4 Å². The molecule has 0 atom stereocenters. The number of imide groups is 1. The highest BCUT2D eigenvalue weighted by Crippen LogP contribution is 2.33. The summed E-state index contributed by atoms with van der Waals surface area (Å²) < 4.78 is 0. The van der Waals surface area contributed by atoms with Crippen LogP contribution >= 0.6 is 0 Å². The van der Waals surface area contributed by atoms with Gasteiger partial charge in [0.25, 0.3) is 5.91 Å². The first kappa shape index (κ1) is 17.5. The van der Waals surface area contributed by atoms with Crippen molar-refractivity contribution in [3.63, 3.8) is 0 Å². The van der Waals surface area contributed by atoms with E-state index in [1.165, 1.54) is 0 Å². The smallest absolute Gasteiger partial charge is 0.325 e. The largest absolute Gasteiger partial charge is 0.325 e. The van der Waals surface area contributed by atoms with E-state index in [1.807, 2.05) is 18.2 Å². The van der Waals surface area contributed by atoms with E-state index in [0.29, 0.717) is 24.4 Å². The minimum Gasteiger partial charge on any atom is -0.325 e. The van der Waals surface area contributed by atoms with Crippen LogP contribution in [0.25, 0.3) is 0 Å². The van der Waals surface area contributed by atoms with Gasteiger partial charge in [0, 0.05) is 5.69 Å². The van der Waals surface area contributed by atoms with Crippen LogP contribution in [0.5, 0.6) is 0 Å². The molecule has 2 fully saturated rings. The predicted octanol–water partition coefficient (Wildman–Crippen LogP) is 3.00. The number of nitrogens with one attached hydrogen (secondary N) is 2. The SMILES string of the molecule is CC(C)c1cccc(NC(=O)CN2C(=O)NC3(CCCCC3)C2=O)c1. The number of benzene rings is 1. The Morgan fingerprint density at radius 2 is 1.96 bits per heavy atom. The highest BCUT2D eigenvalue weighted by Gasteiger charge is 2.51. The molecule has 0 radical (unpaired) electrons. The van der Waals surface area contributed by atoms with Crippen LogP contribution in [-0.2, 0) is 9.59 Å². The Labute approximate surface area is 148 Å². The molecule has 3 rings (SSSR count). The van der Waals surface area contributed by atoms with Crippen molar-refractivity contribution < 1.29 is 14.4 Å². The zero-order valence-corrected chi connectivity index (χ0v) is 14.8. The summed E-state index contributed by atoms with van der Waals surface area (Å²) in [5.74, 6) is -0.269. The van der Waals surface area contributed by atoms with Crippen molar-refractivity contribution in [1.29, 1.82) is 0 Å². The number of hydrogen-bond donors (Lipinski definition) is 2. The van der Waals surface area contributed by atoms with Gasteiger partial charge in [-0.2, -0.15) is 0 Å². The molecular formula is C19H25N3O3. The first-order valence-corrected chi connectivity index (χ1v) is 8.95. The van der Waals surface area contributed by atoms with Gasteiger partial charge in [-0.1, -0.05) is 45.2 Å². The van der Waals surface area contributed by atoms with Crippen LogP contribution in [0.2, 0.25) is 0 Å². The first-order valence-electron chi connectivity index (χ1n) is 8.95. The van der Waals surface area contributed by atoms with Crippen LogP contribution in [0, 0.1) is 0 Å². The maximum atomic E-state index is 12.7. The molecule has 2 aliphatic rings. The van der Waals surface area contributed by atoms with E-state index < -0.39 is 11.6 Å². The lowest BCUT2D eigenvalue weighted by molar-refractivity contribution is -0.134. The van der Waals surface area contributed by atoms with Crippen molar-refractivity contribution in [1.82, 2.24) is 10.2 Å². The number of urea groups is 1. The molecule has 134 valence electrons. The summed E-state index contributed by atoms with van der Waals surface area (Å²) in [4.78, 5) is 38.3. The van der Waals surface area contributed by atoms with Gasteiger partial charge in [0.2, 0.25) is 5.91 Å². The highest BCUT2D eigenvalue weighted by atomic mass is 16.2. The van der Waals surface area contributed by atoms with Crippen molar-refractivity contribution >= 4 is 23.5 Å². The predicted molar refractivity (Wildman–Crippen MR) is 95.2 cm³/mol. The lowest BCUT2D eigenvalue weighted by Gasteiger charge is -2.30. The maximum Gasteiger partial charge on any atom is 0.325 e. The Morgan fingerprint density at radius 1 is 1.24 bits per heavy atom. The first-order chi connectivity index (χ1) is 11.9. The molecule has 1 saturated heterocycles. The molecule has 0 bridgehead atoms. The summed E-state index contributed by atoms with van der Waals surface area (Å²) in [5.41, 5.74) is 1.01. The van der Waals surface area contributed by atoms with Crippen LogP contribution in [0.4, 0.5) is 10.5 Å². The fourth-order valence-corrected chi connectivity index (χ4v) is 3.63. The Kier molecular flexibility index (Phi) is 4.79. The summed E-state index contributed by atoms with van der Waals surface area (Å²) in [7, 11) is 0. The average Bonchev–Trinajstić information content (AvgIpc) is 2.80. The Hall–Kier alpha value is -2.37. The zero-order valence-electron chi connectivity index (χ0n) is 14.8. The molecule has 6 nitrogen and oxygen atoms in total. The van der Waals surface area contributed by atoms with Gasteiger partial charge in [0.1, 0.15) is 12.1 Å². The summed E-state index contributed by atoms with van der Waals surface area (Å²) >= 11 is 0. The van der Waals surface area contributed by atoms with E-state index >= 15 is 0 Å². The van der Waals surface area contributed by atoms with Crippen LogP contribution in [0.15, 0.2) is 24.3 Å². The van der Waals surface area contributed by atoms with Gasteiger partial charge >= 0.3 is 6.03 Å². The van der Waals surface area contributed by atoms with E-state index in [0.717, 1.165) is 29.7 Å². The molecule has 1 aromatic carbocycles. The number of rotatable bonds is 4. The third-order valence-corrected chi connectivity index (χ3v) is 5.09. The topological polar surface area (TPSA) is 78.5 Å². The van der Waals surface area contributed by atoms with Gasteiger partial charge in [0.15, 0.2) is 0 Å². The molecule has 1 spiro atoms. The molecule has 25 heavy (non-hydrogen) atoms. The highest BCUT2D eigenvalue weighted by molar-refractivity contribution is 6.10. The monoisotopic (exact) mass is 343 g/mol. The molecule has 4 amide bonds. The van der Waals surface area contributed by atoms with Gasteiger partial charge < -0.3 is 10.6 Å². The molecule has 1 heterocycles. The Bertz CT molecular complexity index is 693. The van der Waals surface area contributed by atoms with Gasteiger partial charge in [-0.3, -0.25) is 14.5 Å².